The van der Waals surface area contributed by atoms with E-state index in [9.17, 15) is 18.0 Å². The van der Waals surface area contributed by atoms with Gasteiger partial charge in [0.25, 0.3) is 5.91 Å². The van der Waals surface area contributed by atoms with Gasteiger partial charge in [-0.1, -0.05) is 0 Å². The fourth-order valence-corrected chi connectivity index (χ4v) is 5.88. The summed E-state index contributed by atoms with van der Waals surface area (Å²) in [7, 11) is 0. The molecule has 2 aromatic carbocycles. The van der Waals surface area contributed by atoms with Crippen LogP contribution < -0.4 is 20.4 Å². The molecule has 5 heterocycles. The first-order valence-electron chi connectivity index (χ1n) is 12.9. The number of nitrogens with zero attached hydrogens (tertiary/aromatic N) is 5. The van der Waals surface area contributed by atoms with Crippen molar-refractivity contribution in [1.29, 1.82) is 0 Å². The van der Waals surface area contributed by atoms with Gasteiger partial charge in [-0.05, 0) is 48.5 Å². The number of fused-ring (bicyclic) bond motifs is 1. The fraction of sp³-hybridized carbons (Fsp3) is 0.321. The Balaban J connectivity index is 1.11. The zero-order chi connectivity index (χ0) is 26.7. The lowest BCUT2D eigenvalue weighted by Gasteiger charge is -2.57. The van der Waals surface area contributed by atoms with Crippen LogP contribution in [0.3, 0.4) is 0 Å². The van der Waals surface area contributed by atoms with E-state index in [2.05, 4.69) is 25.6 Å². The minimum Gasteiger partial charge on any atom is -0.370 e. The van der Waals surface area contributed by atoms with Gasteiger partial charge in [0.1, 0.15) is 29.2 Å². The molecule has 3 aliphatic rings. The van der Waals surface area contributed by atoms with Crippen molar-refractivity contribution in [2.45, 2.75) is 18.6 Å². The molecule has 8 nitrogen and oxygen atoms in total. The second-order valence-electron chi connectivity index (χ2n) is 10.7. The van der Waals surface area contributed by atoms with E-state index in [-0.39, 0.29) is 35.6 Å². The van der Waals surface area contributed by atoms with E-state index in [1.807, 2.05) is 24.3 Å². The number of carbonyl (C=O) groups is 1. The molecule has 0 bridgehead atoms. The Kier molecular flexibility index (Phi) is 5.51. The maximum atomic E-state index is 14.6. The third kappa shape index (κ3) is 4.17. The van der Waals surface area contributed by atoms with Crippen molar-refractivity contribution >= 4 is 28.7 Å². The van der Waals surface area contributed by atoms with Crippen LogP contribution in [0.1, 0.15) is 28.4 Å². The number of rotatable bonds is 5. The quantitative estimate of drug-likeness (QED) is 0.405. The summed E-state index contributed by atoms with van der Waals surface area (Å²) in [6.45, 7) is 4.19. The van der Waals surface area contributed by atoms with Crippen LogP contribution in [-0.4, -0.2) is 59.4 Å². The minimum atomic E-state index is -1.24. The van der Waals surface area contributed by atoms with Gasteiger partial charge in [-0.3, -0.25) is 4.79 Å². The highest BCUT2D eigenvalue weighted by molar-refractivity contribution is 6.08. The highest BCUT2D eigenvalue weighted by atomic mass is 19.1. The molecular formula is C28H26F3N7O. The van der Waals surface area contributed by atoms with Gasteiger partial charge < -0.3 is 20.4 Å². The Morgan fingerprint density at radius 3 is 2.62 bits per heavy atom. The molecule has 7 rings (SSSR count). The standard InChI is InChI=1S/C28H26F3N7O/c29-17-1-6-23(31)21(9-17)24-10-18(30)12-37(24)25-7-8-38-26(35-25)22(11-33-38)27(39)34-19-2-4-20(5-3-19)36-15-28(16-36)13-32-14-28/h1-9,11,18,24,32H,10,12-16H2,(H,34,39)/t18-,24+/m0/s1. The van der Waals surface area contributed by atoms with Crippen LogP contribution >= 0.6 is 0 Å². The van der Waals surface area contributed by atoms with Crippen LogP contribution in [0.2, 0.25) is 0 Å². The third-order valence-corrected chi connectivity index (χ3v) is 8.00. The Hall–Kier alpha value is -4.12. The van der Waals surface area contributed by atoms with Gasteiger partial charge in [0.15, 0.2) is 5.65 Å². The molecule has 39 heavy (non-hydrogen) atoms. The normalized spacial score (nSPS) is 21.7. The van der Waals surface area contributed by atoms with Crippen LogP contribution in [0.4, 0.5) is 30.4 Å². The number of alkyl halides is 1. The monoisotopic (exact) mass is 533 g/mol. The lowest BCUT2D eigenvalue weighted by atomic mass is 9.74. The summed E-state index contributed by atoms with van der Waals surface area (Å²) in [6.07, 6.45) is 1.81. The van der Waals surface area contributed by atoms with Gasteiger partial charge in [-0.2, -0.15) is 5.10 Å². The highest BCUT2D eigenvalue weighted by Gasteiger charge is 2.47. The SMILES string of the molecule is O=C(Nc1ccc(N2CC3(CNC3)C2)cc1)c1cnn2ccc(N3C[C@@H](F)C[C@@H]3c3cc(F)ccc3F)nc12. The van der Waals surface area contributed by atoms with E-state index in [1.165, 1.54) is 10.7 Å². The number of hydrogen-bond donors (Lipinski definition) is 2. The number of hydrogen-bond acceptors (Lipinski definition) is 6. The van der Waals surface area contributed by atoms with Crippen LogP contribution in [-0.2, 0) is 0 Å². The first kappa shape index (κ1) is 24.0. The van der Waals surface area contributed by atoms with Crippen molar-refractivity contribution in [3.05, 3.63) is 83.7 Å². The molecule has 4 aromatic rings. The minimum absolute atomic E-state index is 0.00509. The van der Waals surface area contributed by atoms with E-state index < -0.39 is 23.8 Å². The first-order chi connectivity index (χ1) is 18.9. The molecule has 0 unspecified atom stereocenters. The Morgan fingerprint density at radius 1 is 1.08 bits per heavy atom. The highest BCUT2D eigenvalue weighted by Crippen LogP contribution is 2.39. The predicted molar refractivity (Wildman–Crippen MR) is 141 cm³/mol. The van der Waals surface area contributed by atoms with Gasteiger partial charge >= 0.3 is 0 Å². The molecule has 1 amide bonds. The number of anilines is 3. The maximum absolute atomic E-state index is 14.6. The number of carbonyl (C=O) groups excluding carboxylic acids is 1. The molecular weight excluding hydrogens is 507 g/mol. The van der Waals surface area contributed by atoms with E-state index in [0.717, 1.165) is 50.1 Å². The van der Waals surface area contributed by atoms with E-state index >= 15 is 0 Å². The van der Waals surface area contributed by atoms with Gasteiger partial charge in [-0.15, -0.1) is 0 Å². The molecule has 0 aliphatic carbocycles. The first-order valence-corrected chi connectivity index (χ1v) is 12.9. The molecule has 200 valence electrons. The summed E-state index contributed by atoms with van der Waals surface area (Å²) in [4.78, 5) is 21.7. The summed E-state index contributed by atoms with van der Waals surface area (Å²) < 4.78 is 44.4. The molecule has 0 saturated carbocycles. The van der Waals surface area contributed by atoms with Crippen molar-refractivity contribution in [1.82, 2.24) is 19.9 Å². The van der Waals surface area contributed by atoms with Crippen molar-refractivity contribution in [3.63, 3.8) is 0 Å². The Bertz CT molecular complexity index is 1560. The largest absolute Gasteiger partial charge is 0.370 e. The summed E-state index contributed by atoms with van der Waals surface area (Å²) in [5.74, 6) is -1.23. The van der Waals surface area contributed by atoms with E-state index in [1.54, 1.807) is 17.2 Å². The number of amides is 1. The molecule has 1 spiro atoms. The molecule has 3 fully saturated rings. The molecule has 2 aromatic heterocycles. The van der Waals surface area contributed by atoms with Gasteiger partial charge in [-0.25, -0.2) is 22.7 Å². The lowest BCUT2D eigenvalue weighted by Crippen LogP contribution is -2.71. The summed E-state index contributed by atoms with van der Waals surface area (Å²) in [6, 6.07) is 11.8. The number of benzene rings is 2. The third-order valence-electron chi connectivity index (χ3n) is 8.00. The average molecular weight is 534 g/mol. The van der Waals surface area contributed by atoms with Crippen molar-refractivity contribution < 1.29 is 18.0 Å². The lowest BCUT2D eigenvalue weighted by molar-refractivity contribution is 0.102. The average Bonchev–Trinajstić information content (AvgIpc) is 3.48. The van der Waals surface area contributed by atoms with E-state index in [0.29, 0.717) is 16.9 Å². The number of aromatic nitrogens is 3. The van der Waals surface area contributed by atoms with Gasteiger partial charge in [0.2, 0.25) is 0 Å². The Labute approximate surface area is 222 Å². The molecule has 3 aliphatic heterocycles. The molecule has 2 atom stereocenters. The van der Waals surface area contributed by atoms with Crippen molar-refractivity contribution in [2.75, 3.05) is 47.8 Å². The Morgan fingerprint density at radius 2 is 1.87 bits per heavy atom. The van der Waals surface area contributed by atoms with Crippen LogP contribution in [0.5, 0.6) is 0 Å². The summed E-state index contributed by atoms with van der Waals surface area (Å²) >= 11 is 0. The second-order valence-corrected chi connectivity index (χ2v) is 10.7. The molecule has 11 heteroatoms. The predicted octanol–water partition coefficient (Wildman–Crippen LogP) is 3.96. The van der Waals surface area contributed by atoms with Crippen molar-refractivity contribution in [2.24, 2.45) is 5.41 Å². The number of nitrogens with one attached hydrogen (secondary N) is 2. The van der Waals surface area contributed by atoms with Crippen LogP contribution in [0, 0.1) is 17.0 Å². The summed E-state index contributed by atoms with van der Waals surface area (Å²) in [5, 5.41) is 10.5. The molecule has 0 radical (unpaired) electrons. The topological polar surface area (TPSA) is 77.8 Å². The van der Waals surface area contributed by atoms with E-state index in [4.69, 9.17) is 0 Å². The zero-order valence-corrected chi connectivity index (χ0v) is 20.9. The molecule has 2 N–H and O–H groups in total. The summed E-state index contributed by atoms with van der Waals surface area (Å²) in [5.41, 5.74) is 2.78. The second kappa shape index (κ2) is 8.98. The maximum Gasteiger partial charge on any atom is 0.261 e. The fourth-order valence-electron chi connectivity index (χ4n) is 5.88. The zero-order valence-electron chi connectivity index (χ0n) is 20.9. The smallest absolute Gasteiger partial charge is 0.261 e. The van der Waals surface area contributed by atoms with Crippen LogP contribution in [0.15, 0.2) is 60.9 Å². The molecule has 3 saturated heterocycles. The van der Waals surface area contributed by atoms with Crippen molar-refractivity contribution in [3.8, 4) is 0 Å². The van der Waals surface area contributed by atoms with Crippen LogP contribution in [0.25, 0.3) is 5.65 Å². The van der Waals surface area contributed by atoms with Gasteiger partial charge in [0, 0.05) is 61.1 Å². The number of halogens is 3. The van der Waals surface area contributed by atoms with Gasteiger partial charge in [0.05, 0.1) is 18.8 Å².